The van der Waals surface area contributed by atoms with Crippen molar-refractivity contribution in [3.63, 3.8) is 0 Å². The van der Waals surface area contributed by atoms with Crippen LogP contribution in [0.15, 0.2) is 99.3 Å². The third-order valence-electron chi connectivity index (χ3n) is 4.57. The van der Waals surface area contributed by atoms with Gasteiger partial charge in [0.05, 0.1) is 20.3 Å². The van der Waals surface area contributed by atoms with E-state index in [1.807, 2.05) is 67.6 Å². The molecule has 0 aliphatic heterocycles. The predicted octanol–water partition coefficient (Wildman–Crippen LogP) is 5.34. The van der Waals surface area contributed by atoms with E-state index in [-0.39, 0.29) is 5.69 Å². The quantitative estimate of drug-likeness (QED) is 0.208. The summed E-state index contributed by atoms with van der Waals surface area (Å²) in [6, 6.07) is 25.5. The SMILES string of the molecule is C[C@H](N=Nc1ccc([N+](=O)[O-])cc1)[P+](N=S(C)(C)=O)(c1ccccc1)c1ccccc1. The molecule has 3 rings (SSSR count). The van der Waals surface area contributed by atoms with Gasteiger partial charge in [0.25, 0.3) is 5.69 Å². The summed E-state index contributed by atoms with van der Waals surface area (Å²) in [7, 11) is -5.07. The summed E-state index contributed by atoms with van der Waals surface area (Å²) < 4.78 is 17.9. The first-order chi connectivity index (χ1) is 14.7. The maximum atomic E-state index is 13.0. The van der Waals surface area contributed by atoms with Crippen molar-refractivity contribution >= 4 is 39.1 Å². The van der Waals surface area contributed by atoms with Gasteiger partial charge in [-0.1, -0.05) is 40.5 Å². The summed E-state index contributed by atoms with van der Waals surface area (Å²) in [5.74, 6) is -0.395. The lowest BCUT2D eigenvalue weighted by molar-refractivity contribution is -0.384. The Hall–Kier alpha value is -2.96. The number of nitro groups is 1. The Balaban J connectivity index is 2.15. The number of nitro benzene ring substituents is 1. The lowest BCUT2D eigenvalue weighted by Gasteiger charge is -2.25. The van der Waals surface area contributed by atoms with Crippen LogP contribution in [0.2, 0.25) is 0 Å². The Labute approximate surface area is 183 Å². The molecule has 0 bridgehead atoms. The van der Waals surface area contributed by atoms with Gasteiger partial charge in [-0.25, -0.2) is 4.21 Å². The zero-order chi connectivity index (χ0) is 22.5. The summed E-state index contributed by atoms with van der Waals surface area (Å²) in [4.78, 5) is 10.4. The molecule has 7 nitrogen and oxygen atoms in total. The van der Waals surface area contributed by atoms with Crippen molar-refractivity contribution < 1.29 is 9.13 Å². The highest BCUT2D eigenvalue weighted by molar-refractivity contribution is 8.01. The Morgan fingerprint density at radius 2 is 1.35 bits per heavy atom. The van der Waals surface area contributed by atoms with Gasteiger partial charge in [-0.15, -0.1) is 5.11 Å². The largest absolute Gasteiger partial charge is 0.269 e. The fourth-order valence-electron chi connectivity index (χ4n) is 3.23. The molecule has 0 fully saturated rings. The van der Waals surface area contributed by atoms with Gasteiger partial charge in [-0.3, -0.25) is 10.1 Å². The van der Waals surface area contributed by atoms with Crippen molar-refractivity contribution in [2.45, 2.75) is 12.7 Å². The Morgan fingerprint density at radius 3 is 1.77 bits per heavy atom. The fourth-order valence-corrected chi connectivity index (χ4v) is 9.63. The maximum Gasteiger partial charge on any atom is 0.269 e. The minimum Gasteiger partial charge on any atom is -0.258 e. The van der Waals surface area contributed by atoms with Gasteiger partial charge in [0.15, 0.2) is 0 Å². The van der Waals surface area contributed by atoms with Gasteiger partial charge in [-0.2, -0.15) is 5.11 Å². The maximum absolute atomic E-state index is 13.0. The predicted molar refractivity (Wildman–Crippen MR) is 129 cm³/mol. The third kappa shape index (κ3) is 5.40. The molecule has 0 N–H and O–H groups in total. The molecule has 0 heterocycles. The summed E-state index contributed by atoms with van der Waals surface area (Å²) in [6.07, 6.45) is 3.27. The summed E-state index contributed by atoms with van der Waals surface area (Å²) >= 11 is 0. The van der Waals surface area contributed by atoms with Crippen LogP contribution in [-0.2, 0) is 9.73 Å². The van der Waals surface area contributed by atoms with Crippen LogP contribution in [-0.4, -0.2) is 27.4 Å². The minimum absolute atomic E-state index is 0.00544. The average Bonchev–Trinajstić information content (AvgIpc) is 2.76. The van der Waals surface area contributed by atoms with E-state index in [9.17, 15) is 14.3 Å². The first-order valence-electron chi connectivity index (χ1n) is 9.56. The van der Waals surface area contributed by atoms with E-state index in [1.54, 1.807) is 24.6 Å². The monoisotopic (exact) mass is 455 g/mol. The molecule has 1 atom stereocenters. The summed E-state index contributed by atoms with van der Waals surface area (Å²) in [5.41, 5.74) is 0.500. The van der Waals surface area contributed by atoms with Crippen LogP contribution in [0.25, 0.3) is 0 Å². The van der Waals surface area contributed by atoms with Crippen LogP contribution in [0, 0.1) is 10.1 Å². The molecular formula is C22H24N4O3PS+. The lowest BCUT2D eigenvalue weighted by Crippen LogP contribution is -2.28. The standard InChI is InChI=1S/C22H24N4O3PS/c1-18(23-24-19-14-16-20(17-15-19)26(27)28)30(25-31(2,3)29,21-10-6-4-7-11-21)22-12-8-5-9-13-22/h4-18H,1-3H3/q+1/t18-/m1/s1. The van der Waals surface area contributed by atoms with Gasteiger partial charge in [0.2, 0.25) is 13.2 Å². The van der Waals surface area contributed by atoms with Crippen molar-refractivity contribution in [1.82, 2.24) is 0 Å². The minimum atomic E-state index is -2.59. The molecule has 0 aliphatic carbocycles. The van der Waals surface area contributed by atoms with E-state index >= 15 is 0 Å². The Morgan fingerprint density at radius 1 is 0.871 bits per heavy atom. The van der Waals surface area contributed by atoms with Gasteiger partial charge in [0, 0.05) is 24.6 Å². The molecule has 160 valence electrons. The molecule has 31 heavy (non-hydrogen) atoms. The number of nitrogens with zero attached hydrogens (tertiary/aromatic N) is 4. The zero-order valence-corrected chi connectivity index (χ0v) is 19.2. The average molecular weight is 456 g/mol. The van der Waals surface area contributed by atoms with E-state index in [2.05, 4.69) is 10.2 Å². The second-order valence-electron chi connectivity index (χ2n) is 7.24. The van der Waals surface area contributed by atoms with Crippen LogP contribution >= 0.6 is 7.41 Å². The molecule has 0 aromatic heterocycles. The second kappa shape index (κ2) is 9.45. The molecule has 0 amide bonds. The number of non-ortho nitro benzene ring substituents is 1. The molecule has 0 radical (unpaired) electrons. The van der Waals surface area contributed by atoms with Crippen LogP contribution < -0.4 is 10.6 Å². The Bertz CT molecular complexity index is 1140. The number of benzene rings is 3. The third-order valence-corrected chi connectivity index (χ3v) is 10.5. The normalized spacial score (nSPS) is 13.1. The molecule has 0 aliphatic rings. The number of rotatable bonds is 7. The number of hydrogen-bond donors (Lipinski definition) is 0. The molecule has 0 unspecified atom stereocenters. The van der Waals surface area contributed by atoms with Crippen molar-refractivity contribution in [2.75, 3.05) is 12.5 Å². The lowest BCUT2D eigenvalue weighted by atomic mass is 10.3. The molecule has 0 saturated heterocycles. The van der Waals surface area contributed by atoms with Crippen molar-refractivity contribution in [1.29, 1.82) is 0 Å². The highest BCUT2D eigenvalue weighted by Crippen LogP contribution is 2.63. The van der Waals surface area contributed by atoms with Gasteiger partial charge >= 0.3 is 0 Å². The molecule has 0 saturated carbocycles. The molecule has 3 aromatic carbocycles. The molecule has 0 spiro atoms. The van der Waals surface area contributed by atoms with Gasteiger partial charge in [-0.05, 0) is 43.3 Å². The van der Waals surface area contributed by atoms with Crippen LogP contribution in [0.3, 0.4) is 0 Å². The first-order valence-corrected chi connectivity index (χ1v) is 13.7. The molecule has 3 aromatic rings. The topological polar surface area (TPSA) is 97.3 Å². The second-order valence-corrected chi connectivity index (χ2v) is 13.4. The van der Waals surface area contributed by atoms with Crippen LogP contribution in [0.5, 0.6) is 0 Å². The number of azo groups is 1. The molecule has 9 heteroatoms. The van der Waals surface area contributed by atoms with Crippen molar-refractivity contribution in [3.8, 4) is 0 Å². The highest BCUT2D eigenvalue weighted by Gasteiger charge is 2.51. The van der Waals surface area contributed by atoms with Crippen molar-refractivity contribution in [3.05, 3.63) is 95.0 Å². The van der Waals surface area contributed by atoms with Gasteiger partial charge < -0.3 is 0 Å². The summed E-state index contributed by atoms with van der Waals surface area (Å²) in [5, 5.41) is 21.7. The number of hydrogen-bond acceptors (Lipinski definition) is 6. The fraction of sp³-hybridized carbons (Fsp3) is 0.182. The highest BCUT2D eigenvalue weighted by atomic mass is 32.2. The van der Waals surface area contributed by atoms with E-state index in [0.29, 0.717) is 5.69 Å². The Kier molecular flexibility index (Phi) is 6.93. The first kappa shape index (κ1) is 22.7. The zero-order valence-electron chi connectivity index (χ0n) is 17.5. The van der Waals surface area contributed by atoms with E-state index in [0.717, 1.165) is 10.6 Å². The van der Waals surface area contributed by atoms with E-state index in [4.69, 9.17) is 4.13 Å². The smallest absolute Gasteiger partial charge is 0.258 e. The van der Waals surface area contributed by atoms with Crippen molar-refractivity contribution in [2.24, 2.45) is 14.4 Å². The van der Waals surface area contributed by atoms with E-state index in [1.165, 1.54) is 12.1 Å². The van der Waals surface area contributed by atoms with Crippen LogP contribution in [0.4, 0.5) is 11.4 Å². The van der Waals surface area contributed by atoms with Crippen LogP contribution in [0.1, 0.15) is 6.92 Å². The van der Waals surface area contributed by atoms with E-state index < -0.39 is 27.8 Å². The van der Waals surface area contributed by atoms with Gasteiger partial charge in [0.1, 0.15) is 10.6 Å². The molecular weight excluding hydrogens is 431 g/mol. The summed E-state index contributed by atoms with van der Waals surface area (Å²) in [6.45, 7) is 1.93.